The number of nitrogens with zero attached hydrogens (tertiary/aromatic N) is 1. The molecule has 10 heteroatoms. The summed E-state index contributed by atoms with van der Waals surface area (Å²) in [6.07, 6.45) is -4.15. The number of anilines is 1. The number of halogens is 3. The van der Waals surface area contributed by atoms with Crippen LogP contribution in [0.1, 0.15) is 11.1 Å². The summed E-state index contributed by atoms with van der Waals surface area (Å²) in [5, 5.41) is 0. The van der Waals surface area contributed by atoms with Crippen LogP contribution in [-0.2, 0) is 27.4 Å². The van der Waals surface area contributed by atoms with E-state index in [0.717, 1.165) is 12.1 Å². The molecule has 0 aliphatic carbocycles. The molecule has 0 fully saturated rings. The number of sulfonamides is 1. The minimum Gasteiger partial charge on any atom is -0.483 e. The highest BCUT2D eigenvalue weighted by atomic mass is 32.2. The van der Waals surface area contributed by atoms with Gasteiger partial charge in [-0.2, -0.15) is 13.2 Å². The molecule has 28 heavy (non-hydrogen) atoms. The van der Waals surface area contributed by atoms with E-state index >= 15 is 0 Å². The molecule has 0 unspecified atom stereocenters. The maximum atomic E-state index is 13.0. The number of nitrogens with one attached hydrogen (secondary N) is 1. The van der Waals surface area contributed by atoms with Crippen LogP contribution in [0.25, 0.3) is 0 Å². The Balaban J connectivity index is 1.75. The third-order valence-corrected chi connectivity index (χ3v) is 5.78. The fraction of sp³-hybridized carbons (Fsp3) is 0.278. The number of alkyl halides is 3. The number of rotatable bonds is 5. The second-order valence-electron chi connectivity index (χ2n) is 6.08. The average molecular weight is 414 g/mol. The summed E-state index contributed by atoms with van der Waals surface area (Å²) in [5.41, 5.74) is 0.236. The van der Waals surface area contributed by atoms with Gasteiger partial charge in [0.05, 0.1) is 10.5 Å². The molecule has 0 spiro atoms. The van der Waals surface area contributed by atoms with Crippen LogP contribution in [0.5, 0.6) is 5.75 Å². The number of amides is 1. The van der Waals surface area contributed by atoms with Gasteiger partial charge in [-0.15, -0.1) is 0 Å². The molecule has 1 aliphatic heterocycles. The lowest BCUT2D eigenvalue weighted by atomic mass is 10.2. The molecule has 1 heterocycles. The Morgan fingerprint density at radius 2 is 1.93 bits per heavy atom. The SMILES string of the molecule is CNS(=O)(=O)c1ccc2c(c1)CCN2C(=O)COc1ccccc1C(F)(F)F. The first-order chi connectivity index (χ1) is 13.1. The second-order valence-corrected chi connectivity index (χ2v) is 7.96. The predicted molar refractivity (Wildman–Crippen MR) is 95.7 cm³/mol. The van der Waals surface area contributed by atoms with E-state index < -0.39 is 40.0 Å². The van der Waals surface area contributed by atoms with Crippen LogP contribution in [0.2, 0.25) is 0 Å². The highest BCUT2D eigenvalue weighted by Gasteiger charge is 2.34. The normalized spacial score (nSPS) is 14.1. The summed E-state index contributed by atoms with van der Waals surface area (Å²) in [4.78, 5) is 13.9. The van der Waals surface area contributed by atoms with E-state index in [-0.39, 0.29) is 4.90 Å². The van der Waals surface area contributed by atoms with Crippen molar-refractivity contribution < 1.29 is 31.1 Å². The van der Waals surface area contributed by atoms with E-state index in [9.17, 15) is 26.4 Å². The topological polar surface area (TPSA) is 75.7 Å². The first kappa shape index (κ1) is 20.2. The van der Waals surface area contributed by atoms with Gasteiger partial charge in [0.25, 0.3) is 5.91 Å². The Kier molecular flexibility index (Phi) is 5.35. The van der Waals surface area contributed by atoms with Gasteiger partial charge in [-0.05, 0) is 49.4 Å². The number of para-hydroxylation sites is 1. The van der Waals surface area contributed by atoms with Gasteiger partial charge in [-0.25, -0.2) is 13.1 Å². The van der Waals surface area contributed by atoms with E-state index in [1.54, 1.807) is 0 Å². The van der Waals surface area contributed by atoms with Crippen molar-refractivity contribution in [2.75, 3.05) is 25.1 Å². The standard InChI is InChI=1S/C18H17F3N2O4S/c1-22-28(25,26)13-6-7-15-12(10-13)8-9-23(15)17(24)11-27-16-5-3-2-4-14(16)18(19,20)21/h2-7,10,22H,8-9,11H2,1H3. The molecule has 3 rings (SSSR count). The molecule has 0 saturated carbocycles. The third kappa shape index (κ3) is 3.97. The third-order valence-electron chi connectivity index (χ3n) is 4.37. The smallest absolute Gasteiger partial charge is 0.419 e. The Hall–Kier alpha value is -2.59. The van der Waals surface area contributed by atoms with E-state index in [0.29, 0.717) is 24.2 Å². The van der Waals surface area contributed by atoms with Crippen molar-refractivity contribution in [2.24, 2.45) is 0 Å². The molecule has 2 aromatic carbocycles. The maximum absolute atomic E-state index is 13.0. The van der Waals surface area contributed by atoms with E-state index in [1.165, 1.54) is 42.3 Å². The molecular weight excluding hydrogens is 397 g/mol. The molecule has 0 radical (unpaired) electrons. The lowest BCUT2D eigenvalue weighted by Gasteiger charge is -2.19. The molecular formula is C18H17F3N2O4S. The maximum Gasteiger partial charge on any atom is 0.419 e. The average Bonchev–Trinajstić information content (AvgIpc) is 3.09. The van der Waals surface area contributed by atoms with Gasteiger partial charge < -0.3 is 9.64 Å². The van der Waals surface area contributed by atoms with E-state index in [4.69, 9.17) is 4.74 Å². The largest absolute Gasteiger partial charge is 0.483 e. The Morgan fingerprint density at radius 1 is 1.21 bits per heavy atom. The molecule has 6 nitrogen and oxygen atoms in total. The van der Waals surface area contributed by atoms with Gasteiger partial charge in [0.2, 0.25) is 10.0 Å². The molecule has 0 aromatic heterocycles. The van der Waals surface area contributed by atoms with Crippen LogP contribution in [0.15, 0.2) is 47.4 Å². The summed E-state index contributed by atoms with van der Waals surface area (Å²) in [7, 11) is -2.31. The van der Waals surface area contributed by atoms with Gasteiger partial charge in [0.15, 0.2) is 6.61 Å². The van der Waals surface area contributed by atoms with Crippen LogP contribution in [-0.4, -0.2) is 34.5 Å². The zero-order valence-corrected chi connectivity index (χ0v) is 15.6. The van der Waals surface area contributed by atoms with Gasteiger partial charge in [0, 0.05) is 12.2 Å². The number of hydrogen-bond donors (Lipinski definition) is 1. The Labute approximate surface area is 160 Å². The van der Waals surface area contributed by atoms with Crippen molar-refractivity contribution in [1.29, 1.82) is 0 Å². The molecule has 1 amide bonds. The lowest BCUT2D eigenvalue weighted by Crippen LogP contribution is -2.33. The number of carbonyl (C=O) groups is 1. The van der Waals surface area contributed by atoms with Crippen molar-refractivity contribution in [1.82, 2.24) is 4.72 Å². The Bertz CT molecular complexity index is 1010. The zero-order valence-electron chi connectivity index (χ0n) is 14.8. The van der Waals surface area contributed by atoms with Crippen LogP contribution >= 0.6 is 0 Å². The van der Waals surface area contributed by atoms with Crippen LogP contribution in [0.3, 0.4) is 0 Å². The first-order valence-electron chi connectivity index (χ1n) is 8.29. The zero-order chi connectivity index (χ0) is 20.5. The number of ether oxygens (including phenoxy) is 1. The molecule has 0 bridgehead atoms. The second kappa shape index (κ2) is 7.44. The monoisotopic (exact) mass is 414 g/mol. The molecule has 0 saturated heterocycles. The highest BCUT2D eigenvalue weighted by Crippen LogP contribution is 2.36. The minimum atomic E-state index is -4.59. The van der Waals surface area contributed by atoms with E-state index in [2.05, 4.69) is 4.72 Å². The molecule has 1 N–H and O–H groups in total. The quantitative estimate of drug-likeness (QED) is 0.816. The summed E-state index contributed by atoms with van der Waals surface area (Å²) >= 11 is 0. The fourth-order valence-electron chi connectivity index (χ4n) is 2.97. The van der Waals surface area contributed by atoms with Gasteiger partial charge in [-0.3, -0.25) is 4.79 Å². The highest BCUT2D eigenvalue weighted by molar-refractivity contribution is 7.89. The van der Waals surface area contributed by atoms with Crippen LogP contribution in [0.4, 0.5) is 18.9 Å². The van der Waals surface area contributed by atoms with Crippen molar-refractivity contribution in [3.05, 3.63) is 53.6 Å². The van der Waals surface area contributed by atoms with E-state index in [1.807, 2.05) is 0 Å². The van der Waals surface area contributed by atoms with Gasteiger partial charge >= 0.3 is 6.18 Å². The molecule has 150 valence electrons. The molecule has 1 aliphatic rings. The first-order valence-corrected chi connectivity index (χ1v) is 9.77. The van der Waals surface area contributed by atoms with Crippen molar-refractivity contribution in [2.45, 2.75) is 17.5 Å². The molecule has 0 atom stereocenters. The minimum absolute atomic E-state index is 0.0819. The summed E-state index contributed by atoms with van der Waals surface area (Å²) in [6, 6.07) is 9.03. The lowest BCUT2D eigenvalue weighted by molar-refractivity contribution is -0.139. The van der Waals surface area contributed by atoms with Gasteiger partial charge in [0.1, 0.15) is 5.75 Å². The number of benzene rings is 2. The predicted octanol–water partition coefficient (Wildman–Crippen LogP) is 2.58. The van der Waals surface area contributed by atoms with Crippen LogP contribution < -0.4 is 14.4 Å². The number of hydrogen-bond acceptors (Lipinski definition) is 4. The Morgan fingerprint density at radius 3 is 2.61 bits per heavy atom. The summed E-state index contributed by atoms with van der Waals surface area (Å²) < 4.78 is 70.1. The van der Waals surface area contributed by atoms with Crippen molar-refractivity contribution in [3.63, 3.8) is 0 Å². The van der Waals surface area contributed by atoms with Crippen LogP contribution in [0, 0.1) is 0 Å². The van der Waals surface area contributed by atoms with Gasteiger partial charge in [-0.1, -0.05) is 12.1 Å². The number of carbonyl (C=O) groups excluding carboxylic acids is 1. The fourth-order valence-corrected chi connectivity index (χ4v) is 3.75. The summed E-state index contributed by atoms with van der Waals surface area (Å²) in [6.45, 7) is -0.273. The van der Waals surface area contributed by atoms with Crippen molar-refractivity contribution >= 4 is 21.6 Å². The molecule has 2 aromatic rings. The van der Waals surface area contributed by atoms with Crippen molar-refractivity contribution in [3.8, 4) is 5.75 Å². The summed E-state index contributed by atoms with van der Waals surface area (Å²) in [5.74, 6) is -0.932. The number of fused-ring (bicyclic) bond motifs is 1.